The third-order valence-electron chi connectivity index (χ3n) is 3.79. The maximum Gasteiger partial charge on any atom is 0.265 e. The summed E-state index contributed by atoms with van der Waals surface area (Å²) in [6.45, 7) is 5.64. The van der Waals surface area contributed by atoms with E-state index in [1.807, 2.05) is 26.0 Å². The number of nitrogens with one attached hydrogen (secondary N) is 2. The van der Waals surface area contributed by atoms with Crippen molar-refractivity contribution in [1.82, 2.24) is 5.43 Å². The van der Waals surface area contributed by atoms with Crippen LogP contribution in [-0.2, 0) is 9.59 Å². The Balaban J connectivity index is 2.03. The molecule has 2 unspecified atom stereocenters. The van der Waals surface area contributed by atoms with E-state index in [1.54, 1.807) is 6.92 Å². The summed E-state index contributed by atoms with van der Waals surface area (Å²) in [7, 11) is 0. The molecule has 21 heavy (non-hydrogen) atoms. The molecule has 0 bridgehead atoms. The molecule has 2 aliphatic rings. The number of fused-ring (bicyclic) bond motifs is 1. The number of rotatable bonds is 1. The van der Waals surface area contributed by atoms with E-state index in [-0.39, 0.29) is 17.7 Å². The molecule has 2 amide bonds. The summed E-state index contributed by atoms with van der Waals surface area (Å²) in [4.78, 5) is 23.1. The molecular formula is C15H17N3O3. The number of anilines is 1. The van der Waals surface area contributed by atoms with E-state index in [2.05, 4.69) is 15.8 Å². The summed E-state index contributed by atoms with van der Waals surface area (Å²) in [6.07, 6.45) is -0.0807. The number of carbonyl (C=O) groups is 2. The van der Waals surface area contributed by atoms with Crippen molar-refractivity contribution in [2.24, 2.45) is 11.0 Å². The number of ether oxygens (including phenoxy) is 1. The van der Waals surface area contributed by atoms with Crippen molar-refractivity contribution in [3.63, 3.8) is 0 Å². The topological polar surface area (TPSA) is 79.8 Å². The molecule has 3 rings (SSSR count). The van der Waals surface area contributed by atoms with Crippen LogP contribution >= 0.6 is 0 Å². The van der Waals surface area contributed by atoms with Crippen LogP contribution in [0.25, 0.3) is 0 Å². The van der Waals surface area contributed by atoms with Gasteiger partial charge in [0.05, 0.1) is 11.4 Å². The van der Waals surface area contributed by atoms with E-state index in [9.17, 15) is 9.59 Å². The lowest BCUT2D eigenvalue weighted by Gasteiger charge is -2.26. The van der Waals surface area contributed by atoms with E-state index in [0.717, 1.165) is 16.8 Å². The maximum absolute atomic E-state index is 11.7. The first kappa shape index (κ1) is 13.6. The van der Waals surface area contributed by atoms with Crippen LogP contribution in [0.5, 0.6) is 5.75 Å². The number of benzene rings is 1. The molecule has 0 fully saturated rings. The van der Waals surface area contributed by atoms with Crippen LogP contribution in [0.2, 0.25) is 0 Å². The first-order chi connectivity index (χ1) is 9.95. The van der Waals surface area contributed by atoms with Crippen molar-refractivity contribution in [3.05, 3.63) is 23.3 Å². The molecule has 0 radical (unpaired) electrons. The second-order valence-corrected chi connectivity index (χ2v) is 5.55. The molecular weight excluding hydrogens is 270 g/mol. The highest BCUT2D eigenvalue weighted by Gasteiger charge is 2.27. The van der Waals surface area contributed by atoms with Crippen molar-refractivity contribution in [1.29, 1.82) is 0 Å². The van der Waals surface area contributed by atoms with Gasteiger partial charge in [0.15, 0.2) is 6.10 Å². The average Bonchev–Trinajstić information content (AvgIpc) is 2.41. The third kappa shape index (κ3) is 2.37. The number of aryl methyl sites for hydroxylation is 1. The van der Waals surface area contributed by atoms with Gasteiger partial charge < -0.3 is 10.1 Å². The largest absolute Gasteiger partial charge is 0.479 e. The molecule has 2 heterocycles. The molecule has 1 aromatic carbocycles. The molecule has 6 heteroatoms. The molecule has 0 saturated heterocycles. The van der Waals surface area contributed by atoms with E-state index in [0.29, 0.717) is 17.9 Å². The molecule has 2 N–H and O–H groups in total. The van der Waals surface area contributed by atoms with Gasteiger partial charge in [-0.05, 0) is 31.5 Å². The Kier molecular flexibility index (Phi) is 3.16. The zero-order valence-corrected chi connectivity index (χ0v) is 12.2. The van der Waals surface area contributed by atoms with Gasteiger partial charge in [0.25, 0.3) is 5.91 Å². The van der Waals surface area contributed by atoms with Crippen molar-refractivity contribution in [2.75, 3.05) is 5.32 Å². The average molecular weight is 287 g/mol. The van der Waals surface area contributed by atoms with Gasteiger partial charge >= 0.3 is 0 Å². The third-order valence-corrected chi connectivity index (χ3v) is 3.79. The van der Waals surface area contributed by atoms with Crippen LogP contribution in [0.4, 0.5) is 5.69 Å². The Morgan fingerprint density at radius 2 is 2.05 bits per heavy atom. The summed E-state index contributed by atoms with van der Waals surface area (Å²) in [5.41, 5.74) is 5.90. The second-order valence-electron chi connectivity index (χ2n) is 5.55. The Morgan fingerprint density at radius 1 is 1.29 bits per heavy atom. The Morgan fingerprint density at radius 3 is 2.76 bits per heavy atom. The van der Waals surface area contributed by atoms with Gasteiger partial charge in [-0.15, -0.1) is 0 Å². The first-order valence-electron chi connectivity index (χ1n) is 6.94. The fourth-order valence-corrected chi connectivity index (χ4v) is 2.61. The van der Waals surface area contributed by atoms with Crippen molar-refractivity contribution < 1.29 is 14.3 Å². The summed E-state index contributed by atoms with van der Waals surface area (Å²) in [6, 6.07) is 3.76. The molecule has 0 saturated carbocycles. The minimum absolute atomic E-state index is 0.0367. The van der Waals surface area contributed by atoms with Gasteiger partial charge in [-0.25, -0.2) is 5.43 Å². The van der Waals surface area contributed by atoms with E-state index >= 15 is 0 Å². The second kappa shape index (κ2) is 4.87. The van der Waals surface area contributed by atoms with Gasteiger partial charge in [-0.1, -0.05) is 6.92 Å². The van der Waals surface area contributed by atoms with Crippen LogP contribution in [0, 0.1) is 12.8 Å². The molecule has 110 valence electrons. The fourth-order valence-electron chi connectivity index (χ4n) is 2.61. The highest BCUT2D eigenvalue weighted by atomic mass is 16.5. The predicted molar refractivity (Wildman–Crippen MR) is 78.4 cm³/mol. The Labute approximate surface area is 122 Å². The monoisotopic (exact) mass is 287 g/mol. The minimum atomic E-state index is -0.493. The molecule has 0 spiro atoms. The van der Waals surface area contributed by atoms with Crippen LogP contribution in [0.3, 0.4) is 0 Å². The van der Waals surface area contributed by atoms with Gasteiger partial charge in [-0.3, -0.25) is 9.59 Å². The Hall–Kier alpha value is -2.37. The highest BCUT2D eigenvalue weighted by Crippen LogP contribution is 2.34. The number of nitrogens with zero attached hydrogens (tertiary/aromatic N) is 1. The number of carbonyl (C=O) groups excluding carboxylic acids is 2. The summed E-state index contributed by atoms with van der Waals surface area (Å²) < 4.78 is 5.59. The summed E-state index contributed by atoms with van der Waals surface area (Å²) >= 11 is 0. The van der Waals surface area contributed by atoms with Gasteiger partial charge in [0.2, 0.25) is 5.91 Å². The first-order valence-corrected chi connectivity index (χ1v) is 6.94. The van der Waals surface area contributed by atoms with Crippen LogP contribution in [0.1, 0.15) is 31.4 Å². The van der Waals surface area contributed by atoms with Crippen LogP contribution in [0.15, 0.2) is 17.2 Å². The van der Waals surface area contributed by atoms with Crippen molar-refractivity contribution in [2.45, 2.75) is 33.3 Å². The number of hydrazone groups is 1. The fraction of sp³-hybridized carbons (Fsp3) is 0.400. The van der Waals surface area contributed by atoms with E-state index in [1.165, 1.54) is 0 Å². The number of hydrogen-bond donors (Lipinski definition) is 2. The van der Waals surface area contributed by atoms with E-state index in [4.69, 9.17) is 4.74 Å². The predicted octanol–water partition coefficient (Wildman–Crippen LogP) is 1.57. The zero-order valence-electron chi connectivity index (χ0n) is 12.2. The van der Waals surface area contributed by atoms with Crippen LogP contribution in [-0.4, -0.2) is 23.6 Å². The molecule has 0 aromatic heterocycles. The normalized spacial score (nSPS) is 24.4. The van der Waals surface area contributed by atoms with Gasteiger partial charge in [0, 0.05) is 17.9 Å². The van der Waals surface area contributed by atoms with Gasteiger partial charge in [-0.2, -0.15) is 5.10 Å². The number of amides is 2. The Bertz CT molecular complexity index is 666. The molecule has 0 aliphatic carbocycles. The molecule has 2 atom stereocenters. The smallest absolute Gasteiger partial charge is 0.265 e. The zero-order chi connectivity index (χ0) is 15.1. The quantitative estimate of drug-likeness (QED) is 0.823. The number of hydrogen-bond acceptors (Lipinski definition) is 4. The molecule has 1 aromatic rings. The lowest BCUT2D eigenvalue weighted by atomic mass is 9.91. The maximum atomic E-state index is 11.7. The van der Waals surface area contributed by atoms with Crippen molar-refractivity contribution >= 4 is 23.2 Å². The lowest BCUT2D eigenvalue weighted by molar-refractivity contribution is -0.123. The standard InChI is InChI=1S/C15H17N3O3/c1-7-4-12-11(16-15(20)9(3)21-12)6-10(7)14-8(2)5-13(19)17-18-14/h4,6,8-9H,5H2,1-3H3,(H,16,20)(H,17,19). The molecule has 6 nitrogen and oxygen atoms in total. The van der Waals surface area contributed by atoms with Crippen LogP contribution < -0.4 is 15.5 Å². The molecule has 2 aliphatic heterocycles. The minimum Gasteiger partial charge on any atom is -0.479 e. The lowest BCUT2D eigenvalue weighted by Crippen LogP contribution is -2.35. The summed E-state index contributed by atoms with van der Waals surface area (Å²) in [5.74, 6) is 0.461. The van der Waals surface area contributed by atoms with E-state index < -0.39 is 6.10 Å². The van der Waals surface area contributed by atoms with Crippen molar-refractivity contribution in [3.8, 4) is 5.75 Å². The highest BCUT2D eigenvalue weighted by molar-refractivity contribution is 6.08. The summed E-state index contributed by atoms with van der Waals surface area (Å²) in [5, 5.41) is 7.00. The van der Waals surface area contributed by atoms with Gasteiger partial charge in [0.1, 0.15) is 5.75 Å². The SMILES string of the molecule is Cc1cc2c(cc1C1=NNC(=O)CC1C)NC(=O)C(C)O2.